The number of nitrogens with one attached hydrogen (secondary N) is 1. The number of hydrogen-bond donors (Lipinski definition) is 2. The van der Waals surface area contributed by atoms with Gasteiger partial charge in [-0.3, -0.25) is 10.3 Å². The van der Waals surface area contributed by atoms with Gasteiger partial charge in [0.15, 0.2) is 0 Å². The normalized spacial score (nSPS) is 26.7. The Morgan fingerprint density at radius 3 is 2.41 bits per heavy atom. The van der Waals surface area contributed by atoms with E-state index in [9.17, 15) is 4.79 Å². The summed E-state index contributed by atoms with van der Waals surface area (Å²) in [4.78, 5) is 21.2. The van der Waals surface area contributed by atoms with Crippen molar-refractivity contribution in [2.24, 2.45) is 5.73 Å². The fourth-order valence-corrected chi connectivity index (χ4v) is 5.03. The number of aromatic nitrogens is 1. The van der Waals surface area contributed by atoms with Gasteiger partial charge in [0.25, 0.3) is 0 Å². The average Bonchev–Trinajstić information content (AvgIpc) is 3.11. The largest absolute Gasteiger partial charge is 0.490 e. The van der Waals surface area contributed by atoms with Crippen LogP contribution in [0.5, 0.6) is 11.6 Å². The van der Waals surface area contributed by atoms with Gasteiger partial charge >= 0.3 is 6.09 Å². The molecule has 0 saturated carbocycles. The summed E-state index contributed by atoms with van der Waals surface area (Å²) in [6, 6.07) is 3.70. The van der Waals surface area contributed by atoms with E-state index in [0.29, 0.717) is 36.2 Å². The molecule has 190 valence electrons. The fourth-order valence-electron chi connectivity index (χ4n) is 5.03. The molecule has 0 unspecified atom stereocenters. The van der Waals surface area contributed by atoms with E-state index in [1.165, 1.54) is 0 Å². The highest BCUT2D eigenvalue weighted by molar-refractivity contribution is 5.93. The molecule has 0 aromatic carbocycles. The predicted octanol–water partition coefficient (Wildman–Crippen LogP) is 3.78. The molecule has 34 heavy (non-hydrogen) atoms. The maximum absolute atomic E-state index is 12.7. The number of pyridine rings is 1. The zero-order valence-electron chi connectivity index (χ0n) is 21.6. The van der Waals surface area contributed by atoms with Crippen LogP contribution in [0, 0.1) is 5.41 Å². The Morgan fingerprint density at radius 1 is 1.24 bits per heavy atom. The van der Waals surface area contributed by atoms with Crippen molar-refractivity contribution in [1.82, 2.24) is 14.8 Å². The van der Waals surface area contributed by atoms with E-state index in [2.05, 4.69) is 16.9 Å². The van der Waals surface area contributed by atoms with Crippen LogP contribution in [0.1, 0.15) is 72.9 Å². The minimum Gasteiger partial charge on any atom is -0.490 e. The minimum absolute atomic E-state index is 0.0358. The quantitative estimate of drug-likeness (QED) is 0.475. The van der Waals surface area contributed by atoms with Crippen molar-refractivity contribution in [3.8, 4) is 11.6 Å². The number of likely N-dealkylation sites (N-methyl/N-ethyl adjacent to an activating group) is 1. The molecule has 1 aromatic rings. The number of rotatable bonds is 6. The highest BCUT2D eigenvalue weighted by atomic mass is 16.6. The Bertz CT molecular complexity index is 875. The Balaban J connectivity index is 1.71. The highest BCUT2D eigenvalue weighted by Crippen LogP contribution is 2.30. The lowest BCUT2D eigenvalue weighted by Gasteiger charge is -2.42. The third-order valence-electron chi connectivity index (χ3n) is 6.54. The number of nitrogen functional groups attached to an aromatic ring is 1. The molecular formula is C25H41N5O4. The number of amidine groups is 1. The smallest absolute Gasteiger partial charge is 0.410 e. The minimum atomic E-state index is -0.537. The third kappa shape index (κ3) is 6.52. The number of ether oxygens (including phenoxy) is 3. The van der Waals surface area contributed by atoms with E-state index in [1.54, 1.807) is 17.0 Å². The Morgan fingerprint density at radius 2 is 1.88 bits per heavy atom. The van der Waals surface area contributed by atoms with Crippen LogP contribution in [-0.2, 0) is 4.74 Å². The molecule has 0 spiro atoms. The van der Waals surface area contributed by atoms with Gasteiger partial charge in [-0.2, -0.15) is 0 Å². The first-order valence-electron chi connectivity index (χ1n) is 12.3. The van der Waals surface area contributed by atoms with Crippen molar-refractivity contribution in [1.29, 1.82) is 5.41 Å². The number of nitrogens with two attached hydrogens (primary N) is 1. The third-order valence-corrected chi connectivity index (χ3v) is 6.54. The molecule has 0 bridgehead atoms. The van der Waals surface area contributed by atoms with Gasteiger partial charge in [-0.15, -0.1) is 0 Å². The maximum atomic E-state index is 12.7. The summed E-state index contributed by atoms with van der Waals surface area (Å²) in [5.74, 6) is 0.836. The van der Waals surface area contributed by atoms with Gasteiger partial charge in [0.1, 0.15) is 35.1 Å². The molecule has 3 rings (SSSR count). The number of hydrogen-bond acceptors (Lipinski definition) is 7. The van der Waals surface area contributed by atoms with Crippen molar-refractivity contribution in [2.75, 3.05) is 13.6 Å². The molecule has 9 heteroatoms. The molecular weight excluding hydrogens is 434 g/mol. The van der Waals surface area contributed by atoms with Gasteiger partial charge in [0.05, 0.1) is 0 Å². The Hall–Kier alpha value is -2.55. The van der Waals surface area contributed by atoms with Crippen LogP contribution in [-0.4, -0.2) is 76.2 Å². The SMILES string of the molecule is C[C@H](Oc1cc(OC2C[C@@H](C)N(C(=O)OC(C)(C)C)[C@H](C)C2)cc(C(=N)N)n1)[C@@H]1CCCN1C. The number of nitrogens with zero attached hydrogens (tertiary/aromatic N) is 3. The van der Waals surface area contributed by atoms with Crippen molar-refractivity contribution < 1.29 is 19.0 Å². The molecule has 0 aliphatic carbocycles. The lowest BCUT2D eigenvalue weighted by atomic mass is 9.95. The van der Waals surface area contributed by atoms with E-state index in [-0.39, 0.29) is 36.2 Å². The highest BCUT2D eigenvalue weighted by Gasteiger charge is 2.37. The molecule has 3 N–H and O–H groups in total. The molecule has 3 heterocycles. The van der Waals surface area contributed by atoms with Crippen molar-refractivity contribution in [3.05, 3.63) is 17.8 Å². The van der Waals surface area contributed by atoms with Crippen LogP contribution in [0.25, 0.3) is 0 Å². The number of carbonyl (C=O) groups excluding carboxylic acids is 1. The van der Waals surface area contributed by atoms with Crippen LogP contribution in [0.15, 0.2) is 12.1 Å². The van der Waals surface area contributed by atoms with E-state index >= 15 is 0 Å². The van der Waals surface area contributed by atoms with Crippen LogP contribution < -0.4 is 15.2 Å². The van der Waals surface area contributed by atoms with E-state index in [4.69, 9.17) is 25.4 Å². The maximum Gasteiger partial charge on any atom is 0.410 e. The molecule has 4 atom stereocenters. The Labute approximate surface area is 203 Å². The fraction of sp³-hybridized carbons (Fsp3) is 0.720. The van der Waals surface area contributed by atoms with Crippen LogP contribution in [0.2, 0.25) is 0 Å². The van der Waals surface area contributed by atoms with Crippen molar-refractivity contribution in [3.63, 3.8) is 0 Å². The predicted molar refractivity (Wildman–Crippen MR) is 132 cm³/mol. The monoisotopic (exact) mass is 475 g/mol. The van der Waals surface area contributed by atoms with Gasteiger partial charge in [-0.25, -0.2) is 9.78 Å². The second-order valence-corrected chi connectivity index (χ2v) is 10.8. The molecule has 1 aromatic heterocycles. The van der Waals surface area contributed by atoms with Crippen molar-refractivity contribution >= 4 is 11.9 Å². The van der Waals surface area contributed by atoms with E-state index < -0.39 is 5.60 Å². The summed E-state index contributed by atoms with van der Waals surface area (Å²) in [6.45, 7) is 12.7. The first-order valence-corrected chi connectivity index (χ1v) is 12.3. The van der Waals surface area contributed by atoms with Gasteiger partial charge < -0.3 is 24.8 Å². The summed E-state index contributed by atoms with van der Waals surface area (Å²) < 4.78 is 18.1. The van der Waals surface area contributed by atoms with Gasteiger partial charge in [-0.05, 0) is 68.0 Å². The molecule has 1 amide bonds. The van der Waals surface area contributed by atoms with Crippen LogP contribution in [0.3, 0.4) is 0 Å². The summed E-state index contributed by atoms with van der Waals surface area (Å²) in [5, 5.41) is 7.88. The number of carbonyl (C=O) groups is 1. The second-order valence-electron chi connectivity index (χ2n) is 10.8. The molecule has 0 radical (unpaired) electrons. The molecule has 9 nitrogen and oxygen atoms in total. The van der Waals surface area contributed by atoms with Gasteiger partial charge in [-0.1, -0.05) is 0 Å². The zero-order chi connectivity index (χ0) is 25.2. The molecule has 2 aliphatic rings. The standard InChI is InChI=1S/C25H41N5O4/c1-15-11-18(12-16(2)30(15)24(31)34-25(4,5)6)33-19-13-20(23(26)27)28-22(14-19)32-17(3)21-9-8-10-29(21)7/h13-18,21H,8-12H2,1-7H3,(H3,26,27)/t15-,16-,17+,21+/m1/s1. The lowest BCUT2D eigenvalue weighted by Crippen LogP contribution is -2.53. The number of piperidine rings is 1. The first-order chi connectivity index (χ1) is 15.8. The summed E-state index contributed by atoms with van der Waals surface area (Å²) >= 11 is 0. The Kier molecular flexibility index (Phi) is 7.95. The zero-order valence-corrected chi connectivity index (χ0v) is 21.6. The van der Waals surface area contributed by atoms with Crippen molar-refractivity contribution in [2.45, 2.75) is 103 Å². The second kappa shape index (κ2) is 10.4. The topological polar surface area (TPSA) is 114 Å². The van der Waals surface area contributed by atoms with Gasteiger partial charge in [0, 0.05) is 43.1 Å². The average molecular weight is 476 g/mol. The van der Waals surface area contributed by atoms with Gasteiger partial charge in [0.2, 0.25) is 5.88 Å². The molecule has 2 saturated heterocycles. The van der Waals surface area contributed by atoms with E-state index in [1.807, 2.05) is 41.5 Å². The molecule has 2 aliphatic heterocycles. The van der Waals surface area contributed by atoms with Crippen LogP contribution >= 0.6 is 0 Å². The van der Waals surface area contributed by atoms with Crippen LogP contribution in [0.4, 0.5) is 4.79 Å². The lowest BCUT2D eigenvalue weighted by molar-refractivity contribution is -0.0180. The summed E-state index contributed by atoms with van der Waals surface area (Å²) in [5.41, 5.74) is 5.54. The molecule has 2 fully saturated rings. The van der Waals surface area contributed by atoms with E-state index in [0.717, 1.165) is 19.4 Å². The number of amides is 1. The summed E-state index contributed by atoms with van der Waals surface area (Å²) in [6.07, 6.45) is 3.13. The number of likely N-dealkylation sites (tertiary alicyclic amines) is 2. The first kappa shape index (κ1) is 26.1. The summed E-state index contributed by atoms with van der Waals surface area (Å²) in [7, 11) is 2.11.